The highest BCUT2D eigenvalue weighted by Gasteiger charge is 2.19. The van der Waals surface area contributed by atoms with Crippen molar-refractivity contribution in [2.75, 3.05) is 13.1 Å². The molecule has 0 aliphatic carbocycles. The summed E-state index contributed by atoms with van der Waals surface area (Å²) in [6.45, 7) is 2.62. The Morgan fingerprint density at radius 1 is 1.60 bits per heavy atom. The maximum absolute atomic E-state index is 11.5. The average molecular weight is 289 g/mol. The highest BCUT2D eigenvalue weighted by Crippen LogP contribution is 2.21. The van der Waals surface area contributed by atoms with Crippen LogP contribution in [0.15, 0.2) is 15.9 Å². The van der Waals surface area contributed by atoms with Gasteiger partial charge < -0.3 is 10.6 Å². The molecule has 2 N–H and O–H groups in total. The first kappa shape index (κ1) is 11.1. The normalized spacial score (nSPS) is 16.1. The van der Waals surface area contributed by atoms with Crippen LogP contribution in [0.3, 0.4) is 0 Å². The van der Waals surface area contributed by atoms with Gasteiger partial charge in [0.25, 0.3) is 0 Å². The summed E-state index contributed by atoms with van der Waals surface area (Å²) in [6, 6.07) is 4.03. The summed E-state index contributed by atoms with van der Waals surface area (Å²) in [5.41, 5.74) is 0. The molecule has 1 aliphatic rings. The molecule has 1 amide bonds. The lowest BCUT2D eigenvalue weighted by Gasteiger charge is -2.26. The number of carbonyl (C=O) groups is 1. The zero-order valence-corrected chi connectivity index (χ0v) is 10.7. The maximum Gasteiger partial charge on any atom is 0.220 e. The molecule has 2 heterocycles. The van der Waals surface area contributed by atoms with E-state index in [1.807, 2.05) is 12.1 Å². The fraction of sp³-hybridized carbons (Fsp3) is 0.500. The fourth-order valence-corrected chi connectivity index (χ4v) is 2.88. The lowest BCUT2D eigenvalue weighted by molar-refractivity contribution is -0.122. The molecule has 0 atom stereocenters. The van der Waals surface area contributed by atoms with E-state index in [1.54, 1.807) is 11.3 Å². The Bertz CT molecular complexity index is 349. The Labute approximate surface area is 101 Å². The van der Waals surface area contributed by atoms with Crippen molar-refractivity contribution in [2.24, 2.45) is 5.92 Å². The molecule has 0 saturated carbocycles. The van der Waals surface area contributed by atoms with Crippen LogP contribution in [-0.4, -0.2) is 19.0 Å². The van der Waals surface area contributed by atoms with Crippen LogP contribution in [0.2, 0.25) is 0 Å². The standard InChI is InChI=1S/C10H13BrN2OS/c11-9-2-1-8(15-9)6-13-10(14)3-7-4-12-5-7/h1-2,7,12H,3-6H2,(H,13,14). The molecule has 1 aromatic heterocycles. The molecule has 3 nitrogen and oxygen atoms in total. The number of halogens is 1. The van der Waals surface area contributed by atoms with Crippen LogP contribution in [0.4, 0.5) is 0 Å². The fourth-order valence-electron chi connectivity index (χ4n) is 1.46. The van der Waals surface area contributed by atoms with Crippen molar-refractivity contribution in [3.8, 4) is 0 Å². The summed E-state index contributed by atoms with van der Waals surface area (Å²) in [5.74, 6) is 0.700. The largest absolute Gasteiger partial charge is 0.351 e. The van der Waals surface area contributed by atoms with Crippen molar-refractivity contribution < 1.29 is 4.79 Å². The molecule has 2 rings (SSSR count). The van der Waals surface area contributed by atoms with E-state index >= 15 is 0 Å². The molecule has 15 heavy (non-hydrogen) atoms. The second kappa shape index (κ2) is 5.09. The third-order valence-corrected chi connectivity index (χ3v) is 4.05. The van der Waals surface area contributed by atoms with Crippen molar-refractivity contribution >= 4 is 33.2 Å². The lowest BCUT2D eigenvalue weighted by Crippen LogP contribution is -2.44. The minimum Gasteiger partial charge on any atom is -0.351 e. The Morgan fingerprint density at radius 3 is 2.93 bits per heavy atom. The molecule has 0 aromatic carbocycles. The van der Waals surface area contributed by atoms with Crippen molar-refractivity contribution in [3.05, 3.63) is 20.8 Å². The van der Waals surface area contributed by atoms with Crippen LogP contribution in [0.5, 0.6) is 0 Å². The number of thiophene rings is 1. The van der Waals surface area contributed by atoms with Gasteiger partial charge in [-0.25, -0.2) is 0 Å². The van der Waals surface area contributed by atoms with Crippen LogP contribution in [-0.2, 0) is 11.3 Å². The zero-order valence-electron chi connectivity index (χ0n) is 8.25. The first-order valence-electron chi connectivity index (χ1n) is 4.95. The second-order valence-corrected chi connectivity index (χ2v) is 6.26. The summed E-state index contributed by atoms with van der Waals surface area (Å²) in [6.07, 6.45) is 0.652. The number of carbonyl (C=O) groups excluding carboxylic acids is 1. The summed E-state index contributed by atoms with van der Waals surface area (Å²) in [7, 11) is 0. The Balaban J connectivity index is 1.70. The van der Waals surface area contributed by atoms with Gasteiger partial charge in [-0.2, -0.15) is 0 Å². The van der Waals surface area contributed by atoms with E-state index in [2.05, 4.69) is 26.6 Å². The average Bonchev–Trinajstić information content (AvgIpc) is 2.55. The van der Waals surface area contributed by atoms with Crippen LogP contribution in [0, 0.1) is 5.92 Å². The van der Waals surface area contributed by atoms with Gasteiger partial charge in [0.2, 0.25) is 5.91 Å². The molecule has 0 spiro atoms. The smallest absolute Gasteiger partial charge is 0.220 e. The summed E-state index contributed by atoms with van der Waals surface area (Å²) in [5, 5.41) is 6.09. The molecule has 0 bridgehead atoms. The summed E-state index contributed by atoms with van der Waals surface area (Å²) >= 11 is 5.06. The molecule has 1 aromatic rings. The van der Waals surface area contributed by atoms with E-state index in [4.69, 9.17) is 0 Å². The highest BCUT2D eigenvalue weighted by atomic mass is 79.9. The topological polar surface area (TPSA) is 41.1 Å². The van der Waals surface area contributed by atoms with Crippen LogP contribution in [0.1, 0.15) is 11.3 Å². The van der Waals surface area contributed by atoms with Gasteiger partial charge in [-0.1, -0.05) is 0 Å². The molecule has 0 radical (unpaired) electrons. The minimum atomic E-state index is 0.158. The molecule has 82 valence electrons. The number of rotatable bonds is 4. The first-order chi connectivity index (χ1) is 7.24. The van der Waals surface area contributed by atoms with Gasteiger partial charge in [0.05, 0.1) is 10.3 Å². The van der Waals surface area contributed by atoms with Crippen molar-refractivity contribution in [1.82, 2.24) is 10.6 Å². The molecule has 1 fully saturated rings. The van der Waals surface area contributed by atoms with Gasteiger partial charge in [-0.3, -0.25) is 4.79 Å². The predicted molar refractivity (Wildman–Crippen MR) is 64.8 cm³/mol. The molecule has 1 saturated heterocycles. The van der Waals surface area contributed by atoms with E-state index < -0.39 is 0 Å². The number of amides is 1. The molecule has 5 heteroatoms. The molecular formula is C10H13BrN2OS. The lowest BCUT2D eigenvalue weighted by atomic mass is 9.99. The number of hydrogen-bond donors (Lipinski definition) is 2. The second-order valence-electron chi connectivity index (χ2n) is 3.71. The number of nitrogens with one attached hydrogen (secondary N) is 2. The van der Waals surface area contributed by atoms with Crippen molar-refractivity contribution in [1.29, 1.82) is 0 Å². The summed E-state index contributed by atoms with van der Waals surface area (Å²) in [4.78, 5) is 12.7. The molecule has 1 aliphatic heterocycles. The Hall–Kier alpha value is -0.390. The quantitative estimate of drug-likeness (QED) is 0.886. The third kappa shape index (κ3) is 3.29. The third-order valence-electron chi connectivity index (χ3n) is 2.43. The van der Waals surface area contributed by atoms with Gasteiger partial charge in [0.15, 0.2) is 0 Å². The van der Waals surface area contributed by atoms with Gasteiger partial charge in [-0.05, 0) is 47.1 Å². The van der Waals surface area contributed by atoms with E-state index in [0.29, 0.717) is 18.9 Å². The van der Waals surface area contributed by atoms with Gasteiger partial charge in [0, 0.05) is 11.3 Å². The number of hydrogen-bond acceptors (Lipinski definition) is 3. The van der Waals surface area contributed by atoms with Crippen LogP contribution in [0.25, 0.3) is 0 Å². The van der Waals surface area contributed by atoms with Crippen LogP contribution < -0.4 is 10.6 Å². The SMILES string of the molecule is O=C(CC1CNC1)NCc1ccc(Br)s1. The van der Waals surface area contributed by atoms with E-state index in [0.717, 1.165) is 16.9 Å². The Kier molecular flexibility index (Phi) is 3.77. The van der Waals surface area contributed by atoms with Gasteiger partial charge in [0.1, 0.15) is 0 Å². The molecule has 0 unspecified atom stereocenters. The maximum atomic E-state index is 11.5. The van der Waals surface area contributed by atoms with Crippen molar-refractivity contribution in [2.45, 2.75) is 13.0 Å². The highest BCUT2D eigenvalue weighted by molar-refractivity contribution is 9.11. The van der Waals surface area contributed by atoms with Gasteiger partial charge >= 0.3 is 0 Å². The predicted octanol–water partition coefficient (Wildman–Crippen LogP) is 1.74. The monoisotopic (exact) mass is 288 g/mol. The zero-order chi connectivity index (χ0) is 10.7. The van der Waals surface area contributed by atoms with E-state index in [-0.39, 0.29) is 5.91 Å². The Morgan fingerprint density at radius 2 is 2.40 bits per heavy atom. The van der Waals surface area contributed by atoms with Crippen molar-refractivity contribution in [3.63, 3.8) is 0 Å². The molecular weight excluding hydrogens is 276 g/mol. The van der Waals surface area contributed by atoms with Crippen LogP contribution >= 0.6 is 27.3 Å². The van der Waals surface area contributed by atoms with E-state index in [9.17, 15) is 4.79 Å². The summed E-state index contributed by atoms with van der Waals surface area (Å²) < 4.78 is 1.11. The van der Waals surface area contributed by atoms with E-state index in [1.165, 1.54) is 4.88 Å². The first-order valence-corrected chi connectivity index (χ1v) is 6.56. The van der Waals surface area contributed by atoms with Gasteiger partial charge in [-0.15, -0.1) is 11.3 Å². The minimum absolute atomic E-state index is 0.158.